The molecular formula is C14H23NO4. The van der Waals surface area contributed by atoms with E-state index in [1.165, 1.54) is 4.90 Å². The molecule has 19 heavy (non-hydrogen) atoms. The third-order valence-electron chi connectivity index (χ3n) is 3.13. The highest BCUT2D eigenvalue weighted by Crippen LogP contribution is 2.21. The number of hydrogen-bond donors (Lipinski definition) is 1. The van der Waals surface area contributed by atoms with Crippen molar-refractivity contribution in [3.8, 4) is 0 Å². The van der Waals surface area contributed by atoms with E-state index in [1.54, 1.807) is 0 Å². The van der Waals surface area contributed by atoms with Crippen LogP contribution in [-0.4, -0.2) is 41.3 Å². The predicted octanol–water partition coefficient (Wildman–Crippen LogP) is 2.66. The van der Waals surface area contributed by atoms with Gasteiger partial charge in [0, 0.05) is 6.54 Å². The predicted molar refractivity (Wildman–Crippen MR) is 71.9 cm³/mol. The molecule has 1 amide bonds. The first-order valence-electron chi connectivity index (χ1n) is 6.52. The second kappa shape index (κ2) is 6.08. The van der Waals surface area contributed by atoms with Gasteiger partial charge in [0.2, 0.25) is 0 Å². The van der Waals surface area contributed by atoms with Gasteiger partial charge in [-0.2, -0.15) is 0 Å². The molecule has 0 saturated carbocycles. The fourth-order valence-electron chi connectivity index (χ4n) is 1.83. The van der Waals surface area contributed by atoms with Crippen molar-refractivity contribution in [1.29, 1.82) is 0 Å². The van der Waals surface area contributed by atoms with Crippen molar-refractivity contribution in [3.05, 3.63) is 11.6 Å². The van der Waals surface area contributed by atoms with Crippen molar-refractivity contribution in [3.63, 3.8) is 0 Å². The highest BCUT2D eigenvalue weighted by Gasteiger charge is 2.32. The van der Waals surface area contributed by atoms with Gasteiger partial charge in [0.05, 0.1) is 6.61 Å². The number of aliphatic carboxylic acids is 1. The SMILES string of the molecule is CC1=CCN(C(=O)OCCC(C)(C)C)[C@H](C(=O)O)C1. The molecule has 1 N–H and O–H groups in total. The molecule has 0 aromatic rings. The lowest BCUT2D eigenvalue weighted by atomic mass is 9.93. The van der Waals surface area contributed by atoms with E-state index in [9.17, 15) is 9.59 Å². The quantitative estimate of drug-likeness (QED) is 0.800. The summed E-state index contributed by atoms with van der Waals surface area (Å²) < 4.78 is 5.17. The molecule has 1 heterocycles. The van der Waals surface area contributed by atoms with Gasteiger partial charge in [-0.25, -0.2) is 9.59 Å². The first kappa shape index (κ1) is 15.5. The minimum atomic E-state index is -0.986. The lowest BCUT2D eigenvalue weighted by molar-refractivity contribution is -0.142. The Hall–Kier alpha value is -1.52. The van der Waals surface area contributed by atoms with Crippen LogP contribution in [0.2, 0.25) is 0 Å². The van der Waals surface area contributed by atoms with Gasteiger partial charge in [-0.15, -0.1) is 0 Å². The maximum absolute atomic E-state index is 11.9. The molecule has 0 unspecified atom stereocenters. The monoisotopic (exact) mass is 269 g/mol. The van der Waals surface area contributed by atoms with Crippen LogP contribution in [0.4, 0.5) is 4.79 Å². The van der Waals surface area contributed by atoms with Crippen LogP contribution in [0.25, 0.3) is 0 Å². The summed E-state index contributed by atoms with van der Waals surface area (Å²) in [5.41, 5.74) is 1.08. The summed E-state index contributed by atoms with van der Waals surface area (Å²) in [6.07, 6.45) is 2.44. The van der Waals surface area contributed by atoms with Gasteiger partial charge in [0.25, 0.3) is 0 Å². The van der Waals surface area contributed by atoms with Crippen LogP contribution < -0.4 is 0 Å². The average molecular weight is 269 g/mol. The van der Waals surface area contributed by atoms with Crippen molar-refractivity contribution >= 4 is 12.1 Å². The van der Waals surface area contributed by atoms with E-state index >= 15 is 0 Å². The van der Waals surface area contributed by atoms with Crippen molar-refractivity contribution in [1.82, 2.24) is 4.90 Å². The first-order valence-corrected chi connectivity index (χ1v) is 6.52. The van der Waals surface area contributed by atoms with Crippen LogP contribution >= 0.6 is 0 Å². The third kappa shape index (κ3) is 4.93. The summed E-state index contributed by atoms with van der Waals surface area (Å²) in [6.45, 7) is 8.68. The van der Waals surface area contributed by atoms with Crippen molar-refractivity contribution in [2.75, 3.05) is 13.2 Å². The van der Waals surface area contributed by atoms with Gasteiger partial charge < -0.3 is 9.84 Å². The Morgan fingerprint density at radius 2 is 2.11 bits per heavy atom. The van der Waals surface area contributed by atoms with Gasteiger partial charge in [-0.3, -0.25) is 4.90 Å². The van der Waals surface area contributed by atoms with Crippen LogP contribution in [0.1, 0.15) is 40.5 Å². The summed E-state index contributed by atoms with van der Waals surface area (Å²) in [5.74, 6) is -0.986. The number of carboxylic acid groups (broad SMARTS) is 1. The molecule has 0 fully saturated rings. The van der Waals surface area contributed by atoms with Crippen LogP contribution in [-0.2, 0) is 9.53 Å². The van der Waals surface area contributed by atoms with E-state index in [2.05, 4.69) is 20.8 Å². The standard InChI is InChI=1S/C14H23NO4/c1-10-5-7-15(11(9-10)12(16)17)13(18)19-8-6-14(2,3)4/h5,11H,6-9H2,1-4H3,(H,16,17)/t11-/m0/s1. The van der Waals surface area contributed by atoms with E-state index in [0.29, 0.717) is 19.6 Å². The Balaban J connectivity index is 2.57. The summed E-state index contributed by atoms with van der Waals surface area (Å²) in [5, 5.41) is 9.15. The molecule has 5 nitrogen and oxygen atoms in total. The van der Waals surface area contributed by atoms with Crippen LogP contribution in [0.3, 0.4) is 0 Å². The summed E-state index contributed by atoms with van der Waals surface area (Å²) in [4.78, 5) is 24.4. The lowest BCUT2D eigenvalue weighted by Gasteiger charge is -2.31. The zero-order valence-corrected chi connectivity index (χ0v) is 12.1. The molecule has 0 radical (unpaired) electrons. The zero-order chi connectivity index (χ0) is 14.6. The molecule has 0 aliphatic carbocycles. The Morgan fingerprint density at radius 1 is 1.47 bits per heavy atom. The van der Waals surface area contributed by atoms with Crippen molar-refractivity contribution in [2.45, 2.75) is 46.6 Å². The summed E-state index contributed by atoms with van der Waals surface area (Å²) in [6, 6.07) is -0.813. The Morgan fingerprint density at radius 3 is 2.63 bits per heavy atom. The molecule has 1 aliphatic heterocycles. The number of nitrogens with zero attached hydrogens (tertiary/aromatic N) is 1. The number of rotatable bonds is 3. The highest BCUT2D eigenvalue weighted by atomic mass is 16.6. The molecule has 0 aromatic heterocycles. The van der Waals surface area contributed by atoms with Gasteiger partial charge in [0.1, 0.15) is 6.04 Å². The van der Waals surface area contributed by atoms with Crippen molar-refractivity contribution in [2.24, 2.45) is 5.41 Å². The van der Waals surface area contributed by atoms with E-state index in [-0.39, 0.29) is 5.41 Å². The maximum atomic E-state index is 11.9. The second-order valence-corrected chi connectivity index (χ2v) is 6.19. The largest absolute Gasteiger partial charge is 0.480 e. The van der Waals surface area contributed by atoms with Crippen LogP contribution in [0.15, 0.2) is 11.6 Å². The molecule has 0 aromatic carbocycles. The summed E-state index contributed by atoms with van der Waals surface area (Å²) in [7, 11) is 0. The maximum Gasteiger partial charge on any atom is 0.410 e. The third-order valence-corrected chi connectivity index (χ3v) is 3.13. The molecule has 5 heteroatoms. The van der Waals surface area contributed by atoms with Gasteiger partial charge >= 0.3 is 12.1 Å². The molecule has 1 atom stereocenters. The second-order valence-electron chi connectivity index (χ2n) is 6.19. The fourth-order valence-corrected chi connectivity index (χ4v) is 1.83. The van der Waals surface area contributed by atoms with Crippen LogP contribution in [0, 0.1) is 5.41 Å². The lowest BCUT2D eigenvalue weighted by Crippen LogP contribution is -2.47. The highest BCUT2D eigenvalue weighted by molar-refractivity contribution is 5.81. The fraction of sp³-hybridized carbons (Fsp3) is 0.714. The first-order chi connectivity index (χ1) is 8.70. The van der Waals surface area contributed by atoms with E-state index in [4.69, 9.17) is 9.84 Å². The molecular weight excluding hydrogens is 246 g/mol. The number of carboxylic acids is 1. The van der Waals surface area contributed by atoms with Gasteiger partial charge in [0.15, 0.2) is 0 Å². The average Bonchev–Trinajstić information content (AvgIpc) is 2.26. The van der Waals surface area contributed by atoms with E-state index < -0.39 is 18.1 Å². The molecule has 1 aliphatic rings. The Kier molecular flexibility index (Phi) is 4.97. The molecule has 108 valence electrons. The Labute approximate surface area is 114 Å². The molecule has 1 rings (SSSR count). The van der Waals surface area contributed by atoms with E-state index in [0.717, 1.165) is 12.0 Å². The number of amides is 1. The summed E-state index contributed by atoms with van der Waals surface area (Å²) >= 11 is 0. The normalized spacial score (nSPS) is 19.9. The molecule has 0 saturated heterocycles. The Bertz CT molecular complexity index is 381. The van der Waals surface area contributed by atoms with Gasteiger partial charge in [-0.1, -0.05) is 32.4 Å². The molecule has 0 spiro atoms. The zero-order valence-electron chi connectivity index (χ0n) is 12.1. The smallest absolute Gasteiger partial charge is 0.410 e. The number of carbonyl (C=O) groups excluding carboxylic acids is 1. The van der Waals surface area contributed by atoms with Crippen molar-refractivity contribution < 1.29 is 19.4 Å². The number of hydrogen-bond acceptors (Lipinski definition) is 3. The minimum Gasteiger partial charge on any atom is -0.480 e. The van der Waals surface area contributed by atoms with E-state index in [1.807, 2.05) is 13.0 Å². The topological polar surface area (TPSA) is 66.8 Å². The molecule has 0 bridgehead atoms. The number of ether oxygens (including phenoxy) is 1. The van der Waals surface area contributed by atoms with Crippen LogP contribution in [0.5, 0.6) is 0 Å². The minimum absolute atomic E-state index is 0.0882. The van der Waals surface area contributed by atoms with Gasteiger partial charge in [-0.05, 0) is 25.2 Å². The number of carbonyl (C=O) groups is 2.